The lowest BCUT2D eigenvalue weighted by Crippen LogP contribution is -2.14. The summed E-state index contributed by atoms with van der Waals surface area (Å²) in [6.45, 7) is 1.99. The van der Waals surface area contributed by atoms with Gasteiger partial charge in [0.2, 0.25) is 0 Å². The zero-order valence-corrected chi connectivity index (χ0v) is 14.0. The predicted octanol–water partition coefficient (Wildman–Crippen LogP) is 3.79. The Hall–Kier alpha value is -3.41. The number of nitrogens with zero attached hydrogens (tertiary/aromatic N) is 2. The number of benzene rings is 2. The van der Waals surface area contributed by atoms with Crippen LogP contribution in [0.5, 0.6) is 5.75 Å². The quantitative estimate of drug-likeness (QED) is 0.742. The maximum Gasteiger partial charge on any atom is 0.274 e. The summed E-state index contributed by atoms with van der Waals surface area (Å²) in [7, 11) is 1.62. The molecule has 0 aliphatic heterocycles. The summed E-state index contributed by atoms with van der Waals surface area (Å²) < 4.78 is 5.13. The number of carbonyl (C=O) groups excluding carboxylic acids is 1. The van der Waals surface area contributed by atoms with Crippen LogP contribution in [0.3, 0.4) is 0 Å². The molecule has 1 heterocycles. The Bertz CT molecular complexity index is 861. The first kappa shape index (κ1) is 16.4. The molecule has 3 aromatic rings. The second kappa shape index (κ2) is 7.44. The number of aryl methyl sites for hydroxylation is 1. The molecule has 0 saturated carbocycles. The van der Waals surface area contributed by atoms with Crippen LogP contribution in [0.4, 0.5) is 17.2 Å². The fourth-order valence-electron chi connectivity index (χ4n) is 2.20. The van der Waals surface area contributed by atoms with Crippen LogP contribution in [-0.4, -0.2) is 23.0 Å². The van der Waals surface area contributed by atoms with Crippen molar-refractivity contribution in [2.24, 2.45) is 0 Å². The number of ether oxygens (including phenoxy) is 1. The fraction of sp³-hybridized carbons (Fsp3) is 0.105. The van der Waals surface area contributed by atoms with E-state index in [1.807, 2.05) is 55.5 Å². The van der Waals surface area contributed by atoms with Gasteiger partial charge in [-0.15, -0.1) is 0 Å². The molecule has 0 spiro atoms. The van der Waals surface area contributed by atoms with E-state index in [9.17, 15) is 4.79 Å². The van der Waals surface area contributed by atoms with E-state index in [2.05, 4.69) is 20.6 Å². The monoisotopic (exact) mass is 334 g/mol. The van der Waals surface area contributed by atoms with Crippen molar-refractivity contribution in [2.45, 2.75) is 6.92 Å². The Kier molecular flexibility index (Phi) is 4.89. The molecule has 0 radical (unpaired) electrons. The molecule has 0 fully saturated rings. The van der Waals surface area contributed by atoms with Crippen molar-refractivity contribution in [1.29, 1.82) is 0 Å². The highest BCUT2D eigenvalue weighted by Gasteiger charge is 2.09. The molecule has 0 aliphatic rings. The second-order valence-electron chi connectivity index (χ2n) is 5.46. The van der Waals surface area contributed by atoms with E-state index in [1.165, 1.54) is 6.33 Å². The molecule has 1 aromatic heterocycles. The maximum absolute atomic E-state index is 12.3. The van der Waals surface area contributed by atoms with Gasteiger partial charge < -0.3 is 15.4 Å². The van der Waals surface area contributed by atoms with E-state index >= 15 is 0 Å². The Labute approximate surface area is 145 Å². The molecule has 6 nitrogen and oxygen atoms in total. The van der Waals surface area contributed by atoms with Crippen molar-refractivity contribution in [3.63, 3.8) is 0 Å². The van der Waals surface area contributed by atoms with Gasteiger partial charge in [-0.25, -0.2) is 9.97 Å². The summed E-state index contributed by atoms with van der Waals surface area (Å²) in [6, 6.07) is 16.6. The molecule has 0 unspecified atom stereocenters. The molecule has 126 valence electrons. The molecular formula is C19H18N4O2. The predicted molar refractivity (Wildman–Crippen MR) is 97.4 cm³/mol. The number of methoxy groups -OCH3 is 1. The molecule has 0 atom stereocenters. The molecular weight excluding hydrogens is 316 g/mol. The van der Waals surface area contributed by atoms with E-state index in [4.69, 9.17) is 4.74 Å². The van der Waals surface area contributed by atoms with Gasteiger partial charge in [0, 0.05) is 17.4 Å². The molecule has 3 rings (SSSR count). The van der Waals surface area contributed by atoms with Crippen LogP contribution in [0.15, 0.2) is 60.9 Å². The third-order valence-electron chi connectivity index (χ3n) is 3.57. The summed E-state index contributed by atoms with van der Waals surface area (Å²) in [5.41, 5.74) is 2.97. The fourth-order valence-corrected chi connectivity index (χ4v) is 2.20. The summed E-state index contributed by atoms with van der Waals surface area (Å²) in [5, 5.41) is 5.95. The van der Waals surface area contributed by atoms with Gasteiger partial charge in [-0.1, -0.05) is 17.7 Å². The van der Waals surface area contributed by atoms with Crippen LogP contribution in [-0.2, 0) is 0 Å². The van der Waals surface area contributed by atoms with Gasteiger partial charge in [0.15, 0.2) is 0 Å². The number of carbonyl (C=O) groups is 1. The molecule has 0 saturated heterocycles. The van der Waals surface area contributed by atoms with Crippen LogP contribution in [0.1, 0.15) is 16.1 Å². The number of amides is 1. The topological polar surface area (TPSA) is 76.1 Å². The number of aromatic nitrogens is 2. The highest BCUT2D eigenvalue weighted by molar-refractivity contribution is 6.03. The molecule has 0 bridgehead atoms. The SMILES string of the molecule is COc1ccc(Nc2cc(C(=O)Nc3ccc(C)cc3)ncn2)cc1. The van der Waals surface area contributed by atoms with Gasteiger partial charge in [0.1, 0.15) is 23.6 Å². The summed E-state index contributed by atoms with van der Waals surface area (Å²) in [6.07, 6.45) is 1.36. The Morgan fingerprint density at radius 3 is 2.32 bits per heavy atom. The molecule has 25 heavy (non-hydrogen) atoms. The Balaban J connectivity index is 1.71. The zero-order chi connectivity index (χ0) is 17.6. The highest BCUT2D eigenvalue weighted by atomic mass is 16.5. The lowest BCUT2D eigenvalue weighted by Gasteiger charge is -2.08. The Morgan fingerprint density at radius 2 is 1.64 bits per heavy atom. The summed E-state index contributed by atoms with van der Waals surface area (Å²) in [4.78, 5) is 20.5. The summed E-state index contributed by atoms with van der Waals surface area (Å²) >= 11 is 0. The molecule has 2 aromatic carbocycles. The first-order valence-electron chi connectivity index (χ1n) is 7.75. The number of hydrogen-bond acceptors (Lipinski definition) is 5. The van der Waals surface area contributed by atoms with Crippen molar-refractivity contribution < 1.29 is 9.53 Å². The van der Waals surface area contributed by atoms with E-state index in [0.717, 1.165) is 22.7 Å². The van der Waals surface area contributed by atoms with Gasteiger partial charge in [0.05, 0.1) is 7.11 Å². The third kappa shape index (κ3) is 4.32. The second-order valence-corrected chi connectivity index (χ2v) is 5.46. The van der Waals surface area contributed by atoms with E-state index in [1.54, 1.807) is 13.2 Å². The first-order valence-corrected chi connectivity index (χ1v) is 7.75. The maximum atomic E-state index is 12.3. The number of nitrogens with one attached hydrogen (secondary N) is 2. The lowest BCUT2D eigenvalue weighted by molar-refractivity contribution is 0.102. The van der Waals surface area contributed by atoms with Crippen molar-refractivity contribution in [1.82, 2.24) is 9.97 Å². The van der Waals surface area contributed by atoms with Gasteiger partial charge in [-0.3, -0.25) is 4.79 Å². The molecule has 0 aliphatic carbocycles. The minimum absolute atomic E-state index is 0.284. The van der Waals surface area contributed by atoms with Crippen LogP contribution < -0.4 is 15.4 Å². The van der Waals surface area contributed by atoms with Gasteiger partial charge >= 0.3 is 0 Å². The van der Waals surface area contributed by atoms with Crippen LogP contribution in [0, 0.1) is 6.92 Å². The van der Waals surface area contributed by atoms with Gasteiger partial charge in [0.25, 0.3) is 5.91 Å². The van der Waals surface area contributed by atoms with E-state index < -0.39 is 0 Å². The molecule has 1 amide bonds. The van der Waals surface area contributed by atoms with Crippen LogP contribution in [0.2, 0.25) is 0 Å². The first-order chi connectivity index (χ1) is 12.1. The molecule has 6 heteroatoms. The smallest absolute Gasteiger partial charge is 0.274 e. The van der Waals surface area contributed by atoms with Crippen molar-refractivity contribution in [3.05, 3.63) is 72.2 Å². The highest BCUT2D eigenvalue weighted by Crippen LogP contribution is 2.19. The number of anilines is 3. The van der Waals surface area contributed by atoms with Crippen molar-refractivity contribution in [3.8, 4) is 5.75 Å². The number of rotatable bonds is 5. The summed E-state index contributed by atoms with van der Waals surface area (Å²) in [5.74, 6) is 1.02. The lowest BCUT2D eigenvalue weighted by atomic mass is 10.2. The van der Waals surface area contributed by atoms with Crippen molar-refractivity contribution >= 4 is 23.1 Å². The van der Waals surface area contributed by atoms with Crippen molar-refractivity contribution in [2.75, 3.05) is 17.7 Å². The minimum atomic E-state index is -0.288. The van der Waals surface area contributed by atoms with Crippen LogP contribution in [0.25, 0.3) is 0 Å². The Morgan fingerprint density at radius 1 is 0.960 bits per heavy atom. The molecule has 2 N–H and O–H groups in total. The normalized spacial score (nSPS) is 10.2. The minimum Gasteiger partial charge on any atom is -0.497 e. The van der Waals surface area contributed by atoms with Gasteiger partial charge in [-0.05, 0) is 43.3 Å². The number of hydrogen-bond donors (Lipinski definition) is 2. The van der Waals surface area contributed by atoms with Crippen LogP contribution >= 0.6 is 0 Å². The van der Waals surface area contributed by atoms with E-state index in [-0.39, 0.29) is 11.6 Å². The zero-order valence-electron chi connectivity index (χ0n) is 14.0. The van der Waals surface area contributed by atoms with E-state index in [0.29, 0.717) is 5.82 Å². The largest absolute Gasteiger partial charge is 0.497 e. The third-order valence-corrected chi connectivity index (χ3v) is 3.57. The average molecular weight is 334 g/mol. The average Bonchev–Trinajstić information content (AvgIpc) is 2.64. The van der Waals surface area contributed by atoms with Gasteiger partial charge in [-0.2, -0.15) is 0 Å². The standard InChI is InChI=1S/C19H18N4O2/c1-13-3-5-15(6-4-13)23-19(24)17-11-18(21-12-20-17)22-14-7-9-16(25-2)10-8-14/h3-12H,1-2H3,(H,23,24)(H,20,21,22).